The SMILES string of the molecule is CC(CN1CCCC1)n1cncc1C1(C)CCNC1. The molecule has 0 radical (unpaired) electrons. The number of likely N-dealkylation sites (tertiary alicyclic amines) is 1. The minimum atomic E-state index is 0.260. The predicted octanol–water partition coefficient (Wildman–Crippen LogP) is 1.79. The molecule has 2 atom stereocenters. The van der Waals surface area contributed by atoms with Gasteiger partial charge in [0.15, 0.2) is 0 Å². The van der Waals surface area contributed by atoms with Gasteiger partial charge in [-0.3, -0.25) is 0 Å². The van der Waals surface area contributed by atoms with Gasteiger partial charge in [-0.25, -0.2) is 4.98 Å². The van der Waals surface area contributed by atoms with E-state index in [1.165, 1.54) is 38.0 Å². The van der Waals surface area contributed by atoms with Crippen LogP contribution in [0.1, 0.15) is 44.8 Å². The van der Waals surface area contributed by atoms with Crippen LogP contribution in [0.2, 0.25) is 0 Å². The van der Waals surface area contributed by atoms with Crippen LogP contribution < -0.4 is 5.32 Å². The maximum Gasteiger partial charge on any atom is 0.0951 e. The van der Waals surface area contributed by atoms with E-state index >= 15 is 0 Å². The second-order valence-electron chi connectivity index (χ2n) is 6.53. The molecular weight excluding hydrogens is 236 g/mol. The highest BCUT2D eigenvalue weighted by atomic mass is 15.2. The first-order valence-corrected chi connectivity index (χ1v) is 7.64. The Labute approximate surface area is 116 Å². The van der Waals surface area contributed by atoms with E-state index in [0.29, 0.717) is 6.04 Å². The molecule has 3 heterocycles. The first-order chi connectivity index (χ1) is 9.19. The van der Waals surface area contributed by atoms with Crippen molar-refractivity contribution in [3.8, 4) is 0 Å². The third kappa shape index (κ3) is 2.56. The molecule has 2 aliphatic rings. The van der Waals surface area contributed by atoms with Crippen molar-refractivity contribution in [1.29, 1.82) is 0 Å². The Bertz CT molecular complexity index is 414. The van der Waals surface area contributed by atoms with Gasteiger partial charge < -0.3 is 14.8 Å². The van der Waals surface area contributed by atoms with E-state index in [4.69, 9.17) is 0 Å². The van der Waals surface area contributed by atoms with Gasteiger partial charge in [0.25, 0.3) is 0 Å². The van der Waals surface area contributed by atoms with Crippen molar-refractivity contribution < 1.29 is 0 Å². The van der Waals surface area contributed by atoms with Crippen LogP contribution in [0.5, 0.6) is 0 Å². The summed E-state index contributed by atoms with van der Waals surface area (Å²) in [6.07, 6.45) is 8.05. The zero-order chi connectivity index (χ0) is 13.3. The second kappa shape index (κ2) is 5.25. The van der Waals surface area contributed by atoms with Gasteiger partial charge in [0.1, 0.15) is 0 Å². The topological polar surface area (TPSA) is 33.1 Å². The number of rotatable bonds is 4. The summed E-state index contributed by atoms with van der Waals surface area (Å²) < 4.78 is 2.41. The van der Waals surface area contributed by atoms with E-state index in [0.717, 1.165) is 19.6 Å². The fraction of sp³-hybridized carbons (Fsp3) is 0.800. The molecule has 1 N–H and O–H groups in total. The Morgan fingerprint density at radius 2 is 2.21 bits per heavy atom. The average Bonchev–Trinajstić information content (AvgIpc) is 3.08. The number of nitrogens with one attached hydrogen (secondary N) is 1. The van der Waals surface area contributed by atoms with Crippen molar-refractivity contribution in [3.05, 3.63) is 18.2 Å². The first-order valence-electron chi connectivity index (χ1n) is 7.64. The van der Waals surface area contributed by atoms with Gasteiger partial charge in [0.2, 0.25) is 0 Å². The normalized spacial score (nSPS) is 30.0. The van der Waals surface area contributed by atoms with E-state index in [1.807, 2.05) is 6.33 Å². The van der Waals surface area contributed by atoms with E-state index in [-0.39, 0.29) is 5.41 Å². The summed E-state index contributed by atoms with van der Waals surface area (Å²) in [5.41, 5.74) is 1.67. The molecular formula is C15H26N4. The summed E-state index contributed by atoms with van der Waals surface area (Å²) in [5.74, 6) is 0. The molecule has 0 aliphatic carbocycles. The zero-order valence-corrected chi connectivity index (χ0v) is 12.2. The molecule has 0 amide bonds. The van der Waals surface area contributed by atoms with Gasteiger partial charge in [-0.15, -0.1) is 0 Å². The molecule has 19 heavy (non-hydrogen) atoms. The van der Waals surface area contributed by atoms with Crippen molar-refractivity contribution in [3.63, 3.8) is 0 Å². The van der Waals surface area contributed by atoms with Crippen molar-refractivity contribution in [2.24, 2.45) is 0 Å². The van der Waals surface area contributed by atoms with Crippen molar-refractivity contribution >= 4 is 0 Å². The highest BCUT2D eigenvalue weighted by Crippen LogP contribution is 2.31. The smallest absolute Gasteiger partial charge is 0.0951 e. The lowest BCUT2D eigenvalue weighted by atomic mass is 9.86. The van der Waals surface area contributed by atoms with E-state index in [9.17, 15) is 0 Å². The molecule has 1 aromatic heterocycles. The molecule has 2 fully saturated rings. The maximum atomic E-state index is 4.42. The van der Waals surface area contributed by atoms with Crippen molar-refractivity contribution in [1.82, 2.24) is 19.8 Å². The molecule has 2 aliphatic heterocycles. The first kappa shape index (κ1) is 13.1. The standard InChI is InChI=1S/C15H26N4/c1-13(10-18-7-3-4-8-18)19-12-17-9-14(19)15(2)5-6-16-11-15/h9,12-13,16H,3-8,10-11H2,1-2H3. The van der Waals surface area contributed by atoms with Crippen LogP contribution >= 0.6 is 0 Å². The molecule has 0 saturated carbocycles. The average molecular weight is 262 g/mol. The predicted molar refractivity (Wildman–Crippen MR) is 77.5 cm³/mol. The number of imidazole rings is 1. The van der Waals surface area contributed by atoms with Crippen LogP contribution in [-0.4, -0.2) is 47.2 Å². The fourth-order valence-corrected chi connectivity index (χ4v) is 3.59. The summed E-state index contributed by atoms with van der Waals surface area (Å²) in [4.78, 5) is 7.01. The minimum Gasteiger partial charge on any atom is -0.330 e. The Morgan fingerprint density at radius 3 is 2.89 bits per heavy atom. The highest BCUT2D eigenvalue weighted by molar-refractivity contribution is 5.18. The van der Waals surface area contributed by atoms with Crippen LogP contribution in [0.25, 0.3) is 0 Å². The van der Waals surface area contributed by atoms with Crippen LogP contribution in [0.3, 0.4) is 0 Å². The van der Waals surface area contributed by atoms with Crippen LogP contribution in [0, 0.1) is 0 Å². The van der Waals surface area contributed by atoms with Crippen LogP contribution in [0.4, 0.5) is 0 Å². The molecule has 2 saturated heterocycles. The fourth-order valence-electron chi connectivity index (χ4n) is 3.59. The number of hydrogen-bond acceptors (Lipinski definition) is 3. The van der Waals surface area contributed by atoms with Crippen molar-refractivity contribution in [2.45, 2.75) is 44.6 Å². The van der Waals surface area contributed by atoms with E-state index < -0.39 is 0 Å². The Morgan fingerprint density at radius 1 is 1.42 bits per heavy atom. The largest absolute Gasteiger partial charge is 0.330 e. The van der Waals surface area contributed by atoms with Gasteiger partial charge in [-0.2, -0.15) is 0 Å². The third-order valence-electron chi connectivity index (χ3n) is 4.85. The monoisotopic (exact) mass is 262 g/mol. The van der Waals surface area contributed by atoms with Gasteiger partial charge in [-0.05, 0) is 45.8 Å². The van der Waals surface area contributed by atoms with Crippen LogP contribution in [-0.2, 0) is 5.41 Å². The lowest BCUT2D eigenvalue weighted by Gasteiger charge is -2.29. The summed E-state index contributed by atoms with van der Waals surface area (Å²) in [6.45, 7) is 10.6. The summed E-state index contributed by atoms with van der Waals surface area (Å²) in [6, 6.07) is 0.521. The summed E-state index contributed by atoms with van der Waals surface area (Å²) in [7, 11) is 0. The van der Waals surface area contributed by atoms with Gasteiger partial charge in [0, 0.05) is 36.4 Å². The Hall–Kier alpha value is -0.870. The van der Waals surface area contributed by atoms with Crippen molar-refractivity contribution in [2.75, 3.05) is 32.7 Å². The third-order valence-corrected chi connectivity index (χ3v) is 4.85. The van der Waals surface area contributed by atoms with Gasteiger partial charge >= 0.3 is 0 Å². The Kier molecular flexibility index (Phi) is 3.63. The van der Waals surface area contributed by atoms with Gasteiger partial charge in [0.05, 0.1) is 6.33 Å². The molecule has 2 unspecified atom stereocenters. The quantitative estimate of drug-likeness (QED) is 0.898. The molecule has 0 bridgehead atoms. The number of nitrogens with zero attached hydrogens (tertiary/aromatic N) is 3. The van der Waals surface area contributed by atoms with Gasteiger partial charge in [-0.1, -0.05) is 6.92 Å². The highest BCUT2D eigenvalue weighted by Gasteiger charge is 2.34. The Balaban J connectivity index is 1.75. The molecule has 3 rings (SSSR count). The molecule has 106 valence electrons. The molecule has 1 aromatic rings. The van der Waals surface area contributed by atoms with E-state index in [2.05, 4.69) is 39.8 Å². The summed E-state index contributed by atoms with van der Waals surface area (Å²) in [5, 5.41) is 3.49. The molecule has 4 heteroatoms. The van der Waals surface area contributed by atoms with E-state index in [1.54, 1.807) is 0 Å². The molecule has 0 aromatic carbocycles. The minimum absolute atomic E-state index is 0.260. The lowest BCUT2D eigenvalue weighted by molar-refractivity contribution is 0.279. The molecule has 0 spiro atoms. The lowest BCUT2D eigenvalue weighted by Crippen LogP contribution is -2.32. The van der Waals surface area contributed by atoms with Crippen LogP contribution in [0.15, 0.2) is 12.5 Å². The number of hydrogen-bond donors (Lipinski definition) is 1. The summed E-state index contributed by atoms with van der Waals surface area (Å²) >= 11 is 0. The molecule has 4 nitrogen and oxygen atoms in total. The maximum absolute atomic E-state index is 4.42. The number of aromatic nitrogens is 2. The zero-order valence-electron chi connectivity index (χ0n) is 12.2. The second-order valence-corrected chi connectivity index (χ2v) is 6.53.